The van der Waals surface area contributed by atoms with Gasteiger partial charge in [-0.3, -0.25) is 4.79 Å². The highest BCUT2D eigenvalue weighted by molar-refractivity contribution is 9.11. The summed E-state index contributed by atoms with van der Waals surface area (Å²) in [6.07, 6.45) is 0. The first-order valence-corrected chi connectivity index (χ1v) is 9.91. The van der Waals surface area contributed by atoms with Crippen LogP contribution in [0.4, 0.5) is 0 Å². The van der Waals surface area contributed by atoms with Crippen LogP contribution in [-0.4, -0.2) is 18.0 Å². The summed E-state index contributed by atoms with van der Waals surface area (Å²) in [5.41, 5.74) is 3.14. The average molecular weight is 439 g/mol. The van der Waals surface area contributed by atoms with Gasteiger partial charge in [-0.25, -0.2) is 4.98 Å². The summed E-state index contributed by atoms with van der Waals surface area (Å²) in [5.74, 6) is 0.935. The predicted molar refractivity (Wildman–Crippen MR) is 103 cm³/mol. The lowest BCUT2D eigenvalue weighted by Crippen LogP contribution is -2.22. The van der Waals surface area contributed by atoms with Gasteiger partial charge in [-0.15, -0.1) is 22.7 Å². The number of methoxy groups -OCH3 is 1. The van der Waals surface area contributed by atoms with E-state index >= 15 is 0 Å². The number of amides is 1. The number of halogens is 1. The zero-order valence-electron chi connectivity index (χ0n) is 13.3. The van der Waals surface area contributed by atoms with E-state index in [1.54, 1.807) is 42.2 Å². The van der Waals surface area contributed by atoms with Crippen LogP contribution in [0.1, 0.15) is 20.9 Å². The molecule has 0 unspecified atom stereocenters. The second-order valence-corrected chi connectivity index (χ2v) is 8.29. The van der Waals surface area contributed by atoms with Crippen molar-refractivity contribution in [2.24, 2.45) is 0 Å². The second-order valence-electron chi connectivity index (χ2n) is 5.02. The quantitative estimate of drug-likeness (QED) is 0.590. The second kappa shape index (κ2) is 8.46. The Labute approximate surface area is 161 Å². The molecule has 2 aromatic heterocycles. The lowest BCUT2D eigenvalue weighted by Gasteiger charge is -2.11. The standard InChI is InChI=1S/C17H15BrN2O3S2/c1-22-15-6-11(17(21)19-7-13-3-5-16(18)25-13)2-4-14(15)23-8-12-9-24-10-20-12/h2-6,9-10H,7-8H2,1H3,(H,19,21). The summed E-state index contributed by atoms with van der Waals surface area (Å²) in [7, 11) is 1.55. The fraction of sp³-hybridized carbons (Fsp3) is 0.176. The zero-order valence-corrected chi connectivity index (χ0v) is 16.5. The number of thiophene rings is 1. The molecule has 0 bridgehead atoms. The number of rotatable bonds is 7. The summed E-state index contributed by atoms with van der Waals surface area (Å²) < 4.78 is 12.1. The highest BCUT2D eigenvalue weighted by Crippen LogP contribution is 2.29. The van der Waals surface area contributed by atoms with Gasteiger partial charge in [-0.05, 0) is 46.3 Å². The number of carbonyl (C=O) groups excluding carboxylic acids is 1. The van der Waals surface area contributed by atoms with Crippen molar-refractivity contribution < 1.29 is 14.3 Å². The Bertz CT molecular complexity index is 849. The fourth-order valence-electron chi connectivity index (χ4n) is 2.10. The van der Waals surface area contributed by atoms with Crippen LogP contribution >= 0.6 is 38.6 Å². The van der Waals surface area contributed by atoms with E-state index in [4.69, 9.17) is 9.47 Å². The molecule has 8 heteroatoms. The summed E-state index contributed by atoms with van der Waals surface area (Å²) in [6.45, 7) is 0.845. The molecule has 0 radical (unpaired) electrons. The van der Waals surface area contributed by atoms with E-state index in [2.05, 4.69) is 26.2 Å². The maximum Gasteiger partial charge on any atom is 0.251 e. The Morgan fingerprint density at radius 3 is 2.84 bits per heavy atom. The van der Waals surface area contributed by atoms with Crippen molar-refractivity contribution in [3.63, 3.8) is 0 Å². The molecule has 0 spiro atoms. The summed E-state index contributed by atoms with van der Waals surface area (Å²) in [6, 6.07) is 9.07. The number of nitrogens with zero attached hydrogens (tertiary/aromatic N) is 1. The molecular weight excluding hydrogens is 424 g/mol. The number of benzene rings is 1. The molecule has 0 atom stereocenters. The average Bonchev–Trinajstić information content (AvgIpc) is 3.29. The monoisotopic (exact) mass is 438 g/mol. The molecular formula is C17H15BrN2O3S2. The number of ether oxygens (including phenoxy) is 2. The first-order valence-electron chi connectivity index (χ1n) is 7.36. The third kappa shape index (κ3) is 4.81. The van der Waals surface area contributed by atoms with Crippen LogP contribution in [0, 0.1) is 0 Å². The van der Waals surface area contributed by atoms with Gasteiger partial charge in [-0.1, -0.05) is 0 Å². The van der Waals surface area contributed by atoms with E-state index in [9.17, 15) is 4.79 Å². The van der Waals surface area contributed by atoms with Crippen LogP contribution in [0.5, 0.6) is 11.5 Å². The largest absolute Gasteiger partial charge is 0.493 e. The molecule has 1 aromatic carbocycles. The molecule has 0 saturated heterocycles. The van der Waals surface area contributed by atoms with Crippen molar-refractivity contribution in [2.75, 3.05) is 7.11 Å². The van der Waals surface area contributed by atoms with E-state index in [-0.39, 0.29) is 5.91 Å². The van der Waals surface area contributed by atoms with Crippen LogP contribution in [0.15, 0.2) is 45.0 Å². The number of hydrogen-bond donors (Lipinski definition) is 1. The van der Waals surface area contributed by atoms with Gasteiger partial charge in [0.25, 0.3) is 5.91 Å². The Morgan fingerprint density at radius 1 is 1.28 bits per heavy atom. The van der Waals surface area contributed by atoms with E-state index in [0.717, 1.165) is 14.4 Å². The first-order chi connectivity index (χ1) is 12.2. The van der Waals surface area contributed by atoms with Crippen LogP contribution in [0.3, 0.4) is 0 Å². The minimum Gasteiger partial charge on any atom is -0.493 e. The van der Waals surface area contributed by atoms with Crippen molar-refractivity contribution in [1.29, 1.82) is 0 Å². The Kier molecular flexibility index (Phi) is 6.06. The summed E-state index contributed by atoms with van der Waals surface area (Å²) in [4.78, 5) is 17.6. The van der Waals surface area contributed by atoms with Crippen LogP contribution in [-0.2, 0) is 13.2 Å². The third-order valence-corrected chi connectivity index (χ3v) is 5.60. The maximum atomic E-state index is 12.3. The van der Waals surface area contributed by atoms with Crippen LogP contribution in [0.2, 0.25) is 0 Å². The van der Waals surface area contributed by atoms with Gasteiger partial charge in [0, 0.05) is 15.8 Å². The minimum atomic E-state index is -0.158. The molecule has 25 heavy (non-hydrogen) atoms. The van der Waals surface area contributed by atoms with Gasteiger partial charge in [0.1, 0.15) is 6.61 Å². The maximum absolute atomic E-state index is 12.3. The molecule has 5 nitrogen and oxygen atoms in total. The topological polar surface area (TPSA) is 60.5 Å². The predicted octanol–water partition coefficient (Wildman–Crippen LogP) is 4.48. The number of hydrogen-bond acceptors (Lipinski definition) is 6. The Balaban J connectivity index is 1.64. The van der Waals surface area contributed by atoms with Gasteiger partial charge < -0.3 is 14.8 Å². The lowest BCUT2D eigenvalue weighted by molar-refractivity contribution is 0.0951. The van der Waals surface area contributed by atoms with Gasteiger partial charge in [0.2, 0.25) is 0 Å². The minimum absolute atomic E-state index is 0.158. The highest BCUT2D eigenvalue weighted by Gasteiger charge is 2.12. The molecule has 3 rings (SSSR count). The zero-order chi connectivity index (χ0) is 17.6. The molecule has 3 aromatic rings. The molecule has 0 aliphatic carbocycles. The molecule has 1 N–H and O–H groups in total. The van der Waals surface area contributed by atoms with Gasteiger partial charge in [0.05, 0.1) is 28.6 Å². The van der Waals surface area contributed by atoms with E-state index in [1.807, 2.05) is 17.5 Å². The van der Waals surface area contributed by atoms with Gasteiger partial charge >= 0.3 is 0 Å². The Hall–Kier alpha value is -1.90. The molecule has 0 aliphatic heterocycles. The van der Waals surface area contributed by atoms with Crippen molar-refractivity contribution >= 4 is 44.5 Å². The van der Waals surface area contributed by atoms with Crippen molar-refractivity contribution in [3.8, 4) is 11.5 Å². The van der Waals surface area contributed by atoms with Gasteiger partial charge in [0.15, 0.2) is 11.5 Å². The smallest absolute Gasteiger partial charge is 0.251 e. The molecule has 0 aliphatic rings. The normalized spacial score (nSPS) is 10.5. The number of nitrogens with one attached hydrogen (secondary N) is 1. The summed E-state index contributed by atoms with van der Waals surface area (Å²) >= 11 is 6.52. The fourth-order valence-corrected chi connectivity index (χ4v) is 4.07. The number of aromatic nitrogens is 1. The molecule has 0 saturated carbocycles. The number of carbonyl (C=O) groups is 1. The van der Waals surface area contributed by atoms with Gasteiger partial charge in [-0.2, -0.15) is 0 Å². The van der Waals surface area contributed by atoms with Crippen LogP contribution < -0.4 is 14.8 Å². The van der Waals surface area contributed by atoms with Crippen molar-refractivity contribution in [2.45, 2.75) is 13.2 Å². The molecule has 0 fully saturated rings. The van der Waals surface area contributed by atoms with E-state index in [1.165, 1.54) is 11.3 Å². The Morgan fingerprint density at radius 2 is 2.16 bits per heavy atom. The van der Waals surface area contributed by atoms with E-state index < -0.39 is 0 Å². The van der Waals surface area contributed by atoms with Crippen molar-refractivity contribution in [1.82, 2.24) is 10.3 Å². The molecule has 130 valence electrons. The van der Waals surface area contributed by atoms with Crippen LogP contribution in [0.25, 0.3) is 0 Å². The molecule has 1 amide bonds. The van der Waals surface area contributed by atoms with Crippen molar-refractivity contribution in [3.05, 3.63) is 61.1 Å². The number of thiazole rings is 1. The summed E-state index contributed by atoms with van der Waals surface area (Å²) in [5, 5.41) is 4.83. The first kappa shape index (κ1) is 17.9. The lowest BCUT2D eigenvalue weighted by atomic mass is 10.2. The molecule has 2 heterocycles. The third-order valence-electron chi connectivity index (χ3n) is 3.34. The van der Waals surface area contributed by atoms with E-state index in [0.29, 0.717) is 30.2 Å². The highest BCUT2D eigenvalue weighted by atomic mass is 79.9. The SMILES string of the molecule is COc1cc(C(=O)NCc2ccc(Br)s2)ccc1OCc1cscn1.